The largest absolute Gasteiger partial charge is 0.399 e. The summed E-state index contributed by atoms with van der Waals surface area (Å²) in [6, 6.07) is 4.93. The van der Waals surface area contributed by atoms with Gasteiger partial charge in [-0.1, -0.05) is 24.4 Å². The van der Waals surface area contributed by atoms with E-state index >= 15 is 0 Å². The number of nitrogens with zero attached hydrogens (tertiary/aromatic N) is 1. The Morgan fingerprint density at radius 1 is 1.48 bits per heavy atom. The number of halogens is 1. The SMILES string of the molecule is CC(C(=O)Nc1ccc(N)cc1Cl)N(C)CC1CCCC1. The Morgan fingerprint density at radius 2 is 2.14 bits per heavy atom. The summed E-state index contributed by atoms with van der Waals surface area (Å²) < 4.78 is 0. The lowest BCUT2D eigenvalue weighted by atomic mass is 10.1. The predicted molar refractivity (Wildman–Crippen MR) is 88.5 cm³/mol. The van der Waals surface area contributed by atoms with E-state index in [9.17, 15) is 4.79 Å². The highest BCUT2D eigenvalue weighted by atomic mass is 35.5. The van der Waals surface area contributed by atoms with Crippen molar-refractivity contribution in [3.63, 3.8) is 0 Å². The molecule has 3 N–H and O–H groups in total. The predicted octanol–water partition coefficient (Wildman–Crippen LogP) is 3.37. The molecule has 1 amide bonds. The van der Waals surface area contributed by atoms with Crippen molar-refractivity contribution in [2.75, 3.05) is 24.6 Å². The molecule has 0 spiro atoms. The molecule has 1 aromatic carbocycles. The number of anilines is 2. The van der Waals surface area contributed by atoms with Gasteiger partial charge >= 0.3 is 0 Å². The fourth-order valence-electron chi connectivity index (χ4n) is 2.83. The van der Waals surface area contributed by atoms with Crippen molar-refractivity contribution in [2.24, 2.45) is 5.92 Å². The normalized spacial score (nSPS) is 17.1. The van der Waals surface area contributed by atoms with E-state index in [2.05, 4.69) is 10.2 Å². The molecule has 0 saturated heterocycles. The lowest BCUT2D eigenvalue weighted by Gasteiger charge is -2.26. The van der Waals surface area contributed by atoms with Crippen LogP contribution in [0.15, 0.2) is 18.2 Å². The number of carbonyl (C=O) groups excluding carboxylic acids is 1. The number of benzene rings is 1. The molecule has 1 aromatic rings. The van der Waals surface area contributed by atoms with E-state index in [1.165, 1.54) is 25.7 Å². The summed E-state index contributed by atoms with van der Waals surface area (Å²) in [6.45, 7) is 2.90. The second-order valence-electron chi connectivity index (χ2n) is 5.99. The van der Waals surface area contributed by atoms with Crippen molar-refractivity contribution in [3.8, 4) is 0 Å². The van der Waals surface area contributed by atoms with Gasteiger partial charge in [0.1, 0.15) is 0 Å². The Kier molecular flexibility index (Phi) is 5.48. The number of amides is 1. The number of carbonyl (C=O) groups is 1. The molecular formula is C16H24ClN3O. The average molecular weight is 310 g/mol. The van der Waals surface area contributed by atoms with Crippen molar-refractivity contribution in [1.82, 2.24) is 4.90 Å². The molecule has 0 aromatic heterocycles. The number of likely N-dealkylation sites (N-methyl/N-ethyl adjacent to an activating group) is 1. The first-order chi connectivity index (χ1) is 9.97. The van der Waals surface area contributed by atoms with E-state index in [4.69, 9.17) is 17.3 Å². The first-order valence-corrected chi connectivity index (χ1v) is 7.91. The summed E-state index contributed by atoms with van der Waals surface area (Å²) in [5.41, 5.74) is 6.85. The molecule has 0 bridgehead atoms. The Balaban J connectivity index is 1.91. The number of nitrogens with one attached hydrogen (secondary N) is 1. The van der Waals surface area contributed by atoms with Crippen LogP contribution in [0.5, 0.6) is 0 Å². The van der Waals surface area contributed by atoms with Gasteiger partial charge in [-0.15, -0.1) is 0 Å². The molecule has 5 heteroatoms. The Bertz CT molecular complexity index is 500. The summed E-state index contributed by atoms with van der Waals surface area (Å²) in [4.78, 5) is 14.4. The molecule has 116 valence electrons. The highest BCUT2D eigenvalue weighted by molar-refractivity contribution is 6.34. The molecular weight excluding hydrogens is 286 g/mol. The van der Waals surface area contributed by atoms with E-state index in [-0.39, 0.29) is 11.9 Å². The molecule has 1 unspecified atom stereocenters. The fraction of sp³-hybridized carbons (Fsp3) is 0.562. The van der Waals surface area contributed by atoms with Gasteiger partial charge in [-0.25, -0.2) is 0 Å². The highest BCUT2D eigenvalue weighted by Gasteiger charge is 2.23. The van der Waals surface area contributed by atoms with Crippen molar-refractivity contribution < 1.29 is 4.79 Å². The highest BCUT2D eigenvalue weighted by Crippen LogP contribution is 2.26. The topological polar surface area (TPSA) is 58.4 Å². The van der Waals surface area contributed by atoms with Crippen LogP contribution >= 0.6 is 11.6 Å². The minimum absolute atomic E-state index is 0.0397. The summed E-state index contributed by atoms with van der Waals surface area (Å²) in [5.74, 6) is 0.688. The van der Waals surface area contributed by atoms with Crippen molar-refractivity contribution >= 4 is 28.9 Å². The summed E-state index contributed by atoms with van der Waals surface area (Å²) in [5, 5.41) is 3.34. The smallest absolute Gasteiger partial charge is 0.241 e. The third kappa shape index (κ3) is 4.35. The van der Waals surface area contributed by atoms with Crippen LogP contribution in [-0.2, 0) is 4.79 Å². The molecule has 0 radical (unpaired) electrons. The second kappa shape index (κ2) is 7.14. The first-order valence-electron chi connectivity index (χ1n) is 7.53. The number of nitrogens with two attached hydrogens (primary N) is 1. The summed E-state index contributed by atoms with van der Waals surface area (Å²) in [6.07, 6.45) is 5.20. The minimum atomic E-state index is -0.181. The molecule has 0 aliphatic heterocycles. The third-order valence-corrected chi connectivity index (χ3v) is 4.63. The van der Waals surface area contributed by atoms with Gasteiger partial charge in [0, 0.05) is 12.2 Å². The first kappa shape index (κ1) is 16.1. The molecule has 1 aliphatic rings. The monoisotopic (exact) mass is 309 g/mol. The van der Waals surface area contributed by atoms with Crippen LogP contribution in [-0.4, -0.2) is 30.4 Å². The van der Waals surface area contributed by atoms with Crippen molar-refractivity contribution in [3.05, 3.63) is 23.2 Å². The van der Waals surface area contributed by atoms with Crippen LogP contribution in [0.1, 0.15) is 32.6 Å². The molecule has 1 saturated carbocycles. The lowest BCUT2D eigenvalue weighted by molar-refractivity contribution is -0.120. The minimum Gasteiger partial charge on any atom is -0.399 e. The molecule has 21 heavy (non-hydrogen) atoms. The second-order valence-corrected chi connectivity index (χ2v) is 6.40. The zero-order valence-electron chi connectivity index (χ0n) is 12.7. The lowest BCUT2D eigenvalue weighted by Crippen LogP contribution is -2.41. The molecule has 1 fully saturated rings. The zero-order chi connectivity index (χ0) is 15.4. The van der Waals surface area contributed by atoms with Crippen molar-refractivity contribution in [1.29, 1.82) is 0 Å². The molecule has 4 nitrogen and oxygen atoms in total. The fourth-order valence-corrected chi connectivity index (χ4v) is 3.06. The maximum Gasteiger partial charge on any atom is 0.241 e. The van der Waals surface area contributed by atoms with Crippen LogP contribution in [0, 0.1) is 5.92 Å². The van der Waals surface area contributed by atoms with E-state index in [1.54, 1.807) is 18.2 Å². The number of hydrogen-bond donors (Lipinski definition) is 2. The summed E-state index contributed by atoms with van der Waals surface area (Å²) >= 11 is 6.09. The van der Waals surface area contributed by atoms with Crippen LogP contribution in [0.2, 0.25) is 5.02 Å². The van der Waals surface area contributed by atoms with Gasteiger partial charge in [-0.2, -0.15) is 0 Å². The Labute approximate surface area is 131 Å². The molecule has 0 heterocycles. The number of nitrogen functional groups attached to an aromatic ring is 1. The van der Waals surface area contributed by atoms with E-state index in [0.29, 0.717) is 16.4 Å². The number of rotatable bonds is 5. The van der Waals surface area contributed by atoms with Gasteiger partial charge in [0.2, 0.25) is 5.91 Å². The van der Waals surface area contributed by atoms with E-state index < -0.39 is 0 Å². The van der Waals surface area contributed by atoms with Gasteiger partial charge in [0.25, 0.3) is 0 Å². The van der Waals surface area contributed by atoms with Gasteiger partial charge < -0.3 is 11.1 Å². The van der Waals surface area contributed by atoms with Gasteiger partial charge in [-0.3, -0.25) is 9.69 Å². The maximum absolute atomic E-state index is 12.3. The maximum atomic E-state index is 12.3. The van der Waals surface area contributed by atoms with Crippen LogP contribution in [0.4, 0.5) is 11.4 Å². The Hall–Kier alpha value is -1.26. The third-order valence-electron chi connectivity index (χ3n) is 4.31. The van der Waals surface area contributed by atoms with Gasteiger partial charge in [0.05, 0.1) is 16.8 Å². The standard InChI is InChI=1S/C16H24ClN3O/c1-11(20(2)10-12-5-3-4-6-12)16(21)19-15-8-7-13(18)9-14(15)17/h7-9,11-12H,3-6,10,18H2,1-2H3,(H,19,21). The number of hydrogen-bond acceptors (Lipinski definition) is 3. The Morgan fingerprint density at radius 3 is 2.76 bits per heavy atom. The summed E-state index contributed by atoms with van der Waals surface area (Å²) in [7, 11) is 2.01. The van der Waals surface area contributed by atoms with Crippen molar-refractivity contribution in [2.45, 2.75) is 38.6 Å². The van der Waals surface area contributed by atoms with Crippen LogP contribution in [0.3, 0.4) is 0 Å². The molecule has 1 atom stereocenters. The molecule has 1 aliphatic carbocycles. The average Bonchev–Trinajstić information content (AvgIpc) is 2.93. The van der Waals surface area contributed by atoms with Crippen LogP contribution in [0.25, 0.3) is 0 Å². The molecule has 2 rings (SSSR count). The zero-order valence-corrected chi connectivity index (χ0v) is 13.5. The van der Waals surface area contributed by atoms with E-state index in [1.807, 2.05) is 14.0 Å². The van der Waals surface area contributed by atoms with Gasteiger partial charge in [0.15, 0.2) is 0 Å². The van der Waals surface area contributed by atoms with Gasteiger partial charge in [-0.05, 0) is 50.9 Å². The quantitative estimate of drug-likeness (QED) is 0.820. The van der Waals surface area contributed by atoms with Crippen LogP contribution < -0.4 is 11.1 Å². The van der Waals surface area contributed by atoms with E-state index in [0.717, 1.165) is 12.5 Å².